The second-order valence-corrected chi connectivity index (χ2v) is 6.29. The van der Waals surface area contributed by atoms with Crippen molar-refractivity contribution in [3.05, 3.63) is 66.1 Å². The third-order valence-electron chi connectivity index (χ3n) is 4.49. The molecule has 3 N–H and O–H groups in total. The number of amides is 1. The molecule has 0 bridgehead atoms. The number of hydrogen-bond acceptors (Lipinski definition) is 2. The molecule has 1 atom stereocenters. The van der Waals surface area contributed by atoms with Gasteiger partial charge >= 0.3 is 0 Å². The van der Waals surface area contributed by atoms with Crippen LogP contribution in [0.15, 0.2) is 54.7 Å². The largest absolute Gasteiger partial charge is 0.361 e. The van der Waals surface area contributed by atoms with Crippen LogP contribution in [0.4, 0.5) is 0 Å². The molecule has 0 aliphatic rings. The quantitative estimate of drug-likeness (QED) is 0.519. The minimum absolute atomic E-state index is 0.0261. The molecule has 0 saturated carbocycles. The van der Waals surface area contributed by atoms with Crippen molar-refractivity contribution in [2.45, 2.75) is 25.8 Å². The van der Waals surface area contributed by atoms with Crippen LogP contribution in [0.1, 0.15) is 30.8 Å². The van der Waals surface area contributed by atoms with Gasteiger partial charge in [0, 0.05) is 23.5 Å². The molecule has 5 nitrogen and oxygen atoms in total. The van der Waals surface area contributed by atoms with Gasteiger partial charge in [0.1, 0.15) is 5.82 Å². The Labute approximate surface area is 145 Å². The molecule has 0 unspecified atom stereocenters. The van der Waals surface area contributed by atoms with E-state index in [0.717, 1.165) is 22.4 Å². The van der Waals surface area contributed by atoms with Gasteiger partial charge in [-0.3, -0.25) is 4.79 Å². The summed E-state index contributed by atoms with van der Waals surface area (Å²) in [5.74, 6) is 0.805. The lowest BCUT2D eigenvalue weighted by Gasteiger charge is -2.11. The first-order valence-electron chi connectivity index (χ1n) is 8.50. The number of H-pyrrole nitrogens is 2. The molecule has 126 valence electrons. The number of aromatic nitrogens is 3. The fourth-order valence-corrected chi connectivity index (χ4v) is 3.15. The topological polar surface area (TPSA) is 73.6 Å². The first kappa shape index (κ1) is 15.4. The molecule has 4 rings (SSSR count). The van der Waals surface area contributed by atoms with Gasteiger partial charge in [-0.1, -0.05) is 30.3 Å². The normalized spacial score (nSPS) is 12.5. The van der Waals surface area contributed by atoms with E-state index in [0.29, 0.717) is 12.8 Å². The first-order chi connectivity index (χ1) is 12.2. The zero-order valence-electron chi connectivity index (χ0n) is 14.0. The van der Waals surface area contributed by atoms with Gasteiger partial charge in [0.05, 0.1) is 17.1 Å². The molecule has 2 aromatic heterocycles. The molecule has 0 radical (unpaired) electrons. The third kappa shape index (κ3) is 3.13. The Balaban J connectivity index is 1.39. The number of benzene rings is 2. The third-order valence-corrected chi connectivity index (χ3v) is 4.49. The summed E-state index contributed by atoms with van der Waals surface area (Å²) in [6, 6.07) is 15.9. The number of hydrogen-bond donors (Lipinski definition) is 3. The van der Waals surface area contributed by atoms with Crippen molar-refractivity contribution >= 4 is 27.8 Å². The first-order valence-corrected chi connectivity index (χ1v) is 8.50. The predicted octanol–water partition coefficient (Wildman–Crippen LogP) is 3.85. The van der Waals surface area contributed by atoms with Crippen molar-refractivity contribution in [3.63, 3.8) is 0 Å². The average Bonchev–Trinajstić information content (AvgIpc) is 3.24. The SMILES string of the molecule is C[C@H](NC(=O)CCc1c[nH]c2ccccc12)c1nc2ccccc2[nH]1. The van der Waals surface area contributed by atoms with E-state index in [-0.39, 0.29) is 11.9 Å². The highest BCUT2D eigenvalue weighted by atomic mass is 16.1. The molecule has 2 heterocycles. The minimum atomic E-state index is -0.150. The molecular weight excluding hydrogens is 312 g/mol. The standard InChI is InChI=1S/C20H20N4O/c1-13(20-23-17-8-4-5-9-18(17)24-20)22-19(25)11-10-14-12-21-16-7-3-2-6-15(14)16/h2-9,12-13,21H,10-11H2,1H3,(H,22,25)(H,23,24)/t13-/m0/s1. The van der Waals surface area contributed by atoms with Crippen molar-refractivity contribution in [1.82, 2.24) is 20.3 Å². The Hall–Kier alpha value is -3.08. The van der Waals surface area contributed by atoms with Crippen LogP contribution in [-0.4, -0.2) is 20.9 Å². The van der Waals surface area contributed by atoms with E-state index < -0.39 is 0 Å². The van der Waals surface area contributed by atoms with Crippen LogP contribution in [0.25, 0.3) is 21.9 Å². The van der Waals surface area contributed by atoms with Crippen LogP contribution < -0.4 is 5.32 Å². The molecular formula is C20H20N4O. The highest BCUT2D eigenvalue weighted by molar-refractivity contribution is 5.84. The van der Waals surface area contributed by atoms with E-state index >= 15 is 0 Å². The van der Waals surface area contributed by atoms with Crippen molar-refractivity contribution in [1.29, 1.82) is 0 Å². The zero-order valence-corrected chi connectivity index (χ0v) is 14.0. The fourth-order valence-electron chi connectivity index (χ4n) is 3.15. The molecule has 0 aliphatic heterocycles. The number of carbonyl (C=O) groups excluding carboxylic acids is 1. The highest BCUT2D eigenvalue weighted by Gasteiger charge is 2.14. The molecule has 0 spiro atoms. The molecule has 25 heavy (non-hydrogen) atoms. The number of carbonyl (C=O) groups is 1. The van der Waals surface area contributed by atoms with E-state index in [9.17, 15) is 4.79 Å². The minimum Gasteiger partial charge on any atom is -0.361 e. The summed E-state index contributed by atoms with van der Waals surface area (Å²) in [5.41, 5.74) is 4.17. The number of nitrogens with zero attached hydrogens (tertiary/aromatic N) is 1. The molecule has 2 aromatic carbocycles. The summed E-state index contributed by atoms with van der Waals surface area (Å²) in [6.45, 7) is 1.95. The summed E-state index contributed by atoms with van der Waals surface area (Å²) in [4.78, 5) is 23.4. The summed E-state index contributed by atoms with van der Waals surface area (Å²) in [7, 11) is 0. The van der Waals surface area contributed by atoms with Crippen molar-refractivity contribution < 1.29 is 4.79 Å². The maximum atomic E-state index is 12.3. The Bertz CT molecular complexity index is 997. The Morgan fingerprint density at radius 3 is 2.72 bits per heavy atom. The summed E-state index contributed by atoms with van der Waals surface area (Å²) >= 11 is 0. The van der Waals surface area contributed by atoms with Gasteiger partial charge in [0.25, 0.3) is 0 Å². The van der Waals surface area contributed by atoms with Crippen molar-refractivity contribution in [3.8, 4) is 0 Å². The Morgan fingerprint density at radius 2 is 1.88 bits per heavy atom. The number of nitrogens with one attached hydrogen (secondary N) is 3. The Kier molecular flexibility index (Phi) is 3.98. The van der Waals surface area contributed by atoms with Crippen LogP contribution in [0.3, 0.4) is 0 Å². The molecule has 4 aromatic rings. The fraction of sp³-hybridized carbons (Fsp3) is 0.200. The zero-order chi connectivity index (χ0) is 17.2. The summed E-state index contributed by atoms with van der Waals surface area (Å²) < 4.78 is 0. The highest BCUT2D eigenvalue weighted by Crippen LogP contribution is 2.19. The van der Waals surface area contributed by atoms with Gasteiger partial charge in [-0.25, -0.2) is 4.98 Å². The second kappa shape index (κ2) is 6.43. The van der Waals surface area contributed by atoms with Crippen molar-refractivity contribution in [2.75, 3.05) is 0 Å². The van der Waals surface area contributed by atoms with Crippen molar-refractivity contribution in [2.24, 2.45) is 0 Å². The van der Waals surface area contributed by atoms with Gasteiger partial charge in [-0.15, -0.1) is 0 Å². The van der Waals surface area contributed by atoms with Crippen LogP contribution >= 0.6 is 0 Å². The van der Waals surface area contributed by atoms with Gasteiger partial charge in [0.15, 0.2) is 0 Å². The maximum Gasteiger partial charge on any atom is 0.220 e. The number of aryl methyl sites for hydroxylation is 1. The smallest absolute Gasteiger partial charge is 0.220 e. The van der Waals surface area contributed by atoms with E-state index in [4.69, 9.17) is 0 Å². The second-order valence-electron chi connectivity index (χ2n) is 6.29. The monoisotopic (exact) mass is 332 g/mol. The summed E-state index contributed by atoms with van der Waals surface area (Å²) in [6.07, 6.45) is 3.15. The molecule has 0 aliphatic carbocycles. The number of imidazole rings is 1. The number of para-hydroxylation sites is 3. The van der Waals surface area contributed by atoms with E-state index in [1.165, 1.54) is 10.9 Å². The predicted molar refractivity (Wildman–Crippen MR) is 99.3 cm³/mol. The number of fused-ring (bicyclic) bond motifs is 2. The molecule has 0 saturated heterocycles. The van der Waals surface area contributed by atoms with Crippen LogP contribution in [0.2, 0.25) is 0 Å². The van der Waals surface area contributed by atoms with E-state index in [1.54, 1.807) is 0 Å². The Morgan fingerprint density at radius 1 is 1.12 bits per heavy atom. The number of rotatable bonds is 5. The number of aromatic amines is 2. The summed E-state index contributed by atoms with van der Waals surface area (Å²) in [5, 5.41) is 4.21. The molecule has 0 fully saturated rings. The van der Waals surface area contributed by atoms with Gasteiger partial charge < -0.3 is 15.3 Å². The lowest BCUT2D eigenvalue weighted by atomic mass is 10.1. The van der Waals surface area contributed by atoms with Gasteiger partial charge in [-0.2, -0.15) is 0 Å². The average molecular weight is 332 g/mol. The van der Waals surface area contributed by atoms with E-state index in [2.05, 4.69) is 26.3 Å². The lowest BCUT2D eigenvalue weighted by Crippen LogP contribution is -2.27. The lowest BCUT2D eigenvalue weighted by molar-refractivity contribution is -0.121. The van der Waals surface area contributed by atoms with Crippen LogP contribution in [0.5, 0.6) is 0 Å². The molecule has 1 amide bonds. The van der Waals surface area contributed by atoms with Gasteiger partial charge in [-0.05, 0) is 37.1 Å². The van der Waals surface area contributed by atoms with Crippen LogP contribution in [0, 0.1) is 0 Å². The van der Waals surface area contributed by atoms with Crippen LogP contribution in [-0.2, 0) is 11.2 Å². The maximum absolute atomic E-state index is 12.3. The van der Waals surface area contributed by atoms with Gasteiger partial charge in [0.2, 0.25) is 5.91 Å². The van der Waals surface area contributed by atoms with E-state index in [1.807, 2.05) is 55.6 Å². The molecule has 5 heteroatoms.